The Labute approximate surface area is 173 Å². The van der Waals surface area contributed by atoms with Gasteiger partial charge < -0.3 is 10.3 Å². The molecule has 0 radical (unpaired) electrons. The molecule has 0 aliphatic heterocycles. The summed E-state index contributed by atoms with van der Waals surface area (Å²) >= 11 is 2.07. The summed E-state index contributed by atoms with van der Waals surface area (Å²) < 4.78 is 55.4. The van der Waals surface area contributed by atoms with Gasteiger partial charge in [-0.3, -0.25) is 9.52 Å². The van der Waals surface area contributed by atoms with Crippen LogP contribution in [0, 0.1) is 15.3 Å². The molecule has 0 aliphatic rings. The number of pyridine rings is 1. The summed E-state index contributed by atoms with van der Waals surface area (Å²) in [4.78, 5) is 19.6. The molecule has 0 fully saturated rings. The van der Waals surface area contributed by atoms with Crippen molar-refractivity contribution in [3.63, 3.8) is 0 Å². The van der Waals surface area contributed by atoms with Crippen molar-refractivity contribution in [3.8, 4) is 0 Å². The van der Waals surface area contributed by atoms with Crippen LogP contribution >= 0.6 is 22.6 Å². The highest BCUT2D eigenvalue weighted by Crippen LogP contribution is 2.24. The summed E-state index contributed by atoms with van der Waals surface area (Å²) in [6, 6.07) is 5.16. The first-order valence-electron chi connectivity index (χ1n) is 8.14. The minimum Gasteiger partial charge on any atom is -0.335 e. The van der Waals surface area contributed by atoms with Crippen LogP contribution in [-0.4, -0.2) is 30.0 Å². The van der Waals surface area contributed by atoms with Gasteiger partial charge in [0, 0.05) is 5.39 Å². The zero-order valence-electron chi connectivity index (χ0n) is 14.5. The molecule has 2 heterocycles. The van der Waals surface area contributed by atoms with Crippen LogP contribution in [0.1, 0.15) is 23.7 Å². The van der Waals surface area contributed by atoms with E-state index in [4.69, 9.17) is 0 Å². The molecule has 3 rings (SSSR count). The highest BCUT2D eigenvalue weighted by Gasteiger charge is 2.23. The Morgan fingerprint density at radius 1 is 1.29 bits per heavy atom. The van der Waals surface area contributed by atoms with Crippen LogP contribution in [-0.2, 0) is 10.0 Å². The van der Waals surface area contributed by atoms with Crippen molar-refractivity contribution in [3.05, 3.63) is 51.4 Å². The molecule has 1 amide bonds. The second-order valence-corrected chi connectivity index (χ2v) is 8.94. The third-order valence-corrected chi connectivity index (χ3v) is 5.81. The molecule has 3 N–H and O–H groups in total. The standard InChI is InChI=1S/C17H15F2IN4O3S/c1-2-5-28(26,27)24-12-4-3-11(18)14(15(12)19)17(25)22-10-6-9-7-13(20)23-16(9)21-8-10/h3-4,6-8,24H,2,5H2,1H3,(H,21,23)(H,22,25). The molecule has 0 saturated carbocycles. The molecular formula is C17H15F2IN4O3S. The number of rotatable bonds is 6. The largest absolute Gasteiger partial charge is 0.335 e. The van der Waals surface area contributed by atoms with E-state index < -0.39 is 38.8 Å². The summed E-state index contributed by atoms with van der Waals surface area (Å²) in [5.74, 6) is -3.69. The van der Waals surface area contributed by atoms with Crippen LogP contribution in [0.15, 0.2) is 30.5 Å². The lowest BCUT2D eigenvalue weighted by atomic mass is 10.1. The molecule has 0 saturated heterocycles. The van der Waals surface area contributed by atoms with Gasteiger partial charge in [0.25, 0.3) is 5.91 Å². The van der Waals surface area contributed by atoms with E-state index >= 15 is 0 Å². The Balaban J connectivity index is 1.90. The van der Waals surface area contributed by atoms with E-state index in [1.807, 2.05) is 4.72 Å². The van der Waals surface area contributed by atoms with Crippen molar-refractivity contribution in [1.82, 2.24) is 9.97 Å². The number of aromatic nitrogens is 2. The zero-order valence-corrected chi connectivity index (χ0v) is 17.5. The molecule has 2 aromatic heterocycles. The van der Waals surface area contributed by atoms with E-state index in [9.17, 15) is 22.0 Å². The Kier molecular flexibility index (Phi) is 5.84. The number of nitrogens with one attached hydrogen (secondary N) is 3. The minimum absolute atomic E-state index is 0.230. The third-order valence-electron chi connectivity index (χ3n) is 3.75. The topological polar surface area (TPSA) is 104 Å². The van der Waals surface area contributed by atoms with Gasteiger partial charge in [0.1, 0.15) is 17.0 Å². The van der Waals surface area contributed by atoms with Gasteiger partial charge in [0.15, 0.2) is 5.82 Å². The lowest BCUT2D eigenvalue weighted by Gasteiger charge is -2.12. The average molecular weight is 520 g/mol. The van der Waals surface area contributed by atoms with Gasteiger partial charge in [0.2, 0.25) is 10.0 Å². The maximum absolute atomic E-state index is 14.7. The number of hydrogen-bond acceptors (Lipinski definition) is 4. The van der Waals surface area contributed by atoms with Gasteiger partial charge in [-0.1, -0.05) is 6.92 Å². The maximum atomic E-state index is 14.7. The van der Waals surface area contributed by atoms with Gasteiger partial charge in [-0.25, -0.2) is 22.2 Å². The van der Waals surface area contributed by atoms with Crippen molar-refractivity contribution in [2.24, 2.45) is 0 Å². The molecule has 0 atom stereocenters. The minimum atomic E-state index is -3.80. The maximum Gasteiger partial charge on any atom is 0.261 e. The number of carbonyl (C=O) groups excluding carboxylic acids is 1. The lowest BCUT2D eigenvalue weighted by molar-refractivity contribution is 0.101. The summed E-state index contributed by atoms with van der Waals surface area (Å²) in [5, 5.41) is 3.09. The van der Waals surface area contributed by atoms with Crippen molar-refractivity contribution in [1.29, 1.82) is 0 Å². The van der Waals surface area contributed by atoms with Crippen LogP contribution in [0.25, 0.3) is 11.0 Å². The smallest absolute Gasteiger partial charge is 0.261 e. The van der Waals surface area contributed by atoms with Crippen LogP contribution in [0.2, 0.25) is 0 Å². The first-order chi connectivity index (χ1) is 13.2. The number of fused-ring (bicyclic) bond motifs is 1. The fraction of sp³-hybridized carbons (Fsp3) is 0.176. The Morgan fingerprint density at radius 2 is 2.04 bits per heavy atom. The molecule has 148 valence electrons. The second kappa shape index (κ2) is 7.99. The molecule has 28 heavy (non-hydrogen) atoms. The number of benzene rings is 1. The Morgan fingerprint density at radius 3 is 2.75 bits per heavy atom. The van der Waals surface area contributed by atoms with E-state index in [0.29, 0.717) is 17.5 Å². The summed E-state index contributed by atoms with van der Waals surface area (Å²) in [6.07, 6.45) is 1.66. The highest BCUT2D eigenvalue weighted by atomic mass is 127. The van der Waals surface area contributed by atoms with E-state index in [-0.39, 0.29) is 11.4 Å². The van der Waals surface area contributed by atoms with E-state index in [1.54, 1.807) is 19.1 Å². The predicted molar refractivity (Wildman–Crippen MR) is 111 cm³/mol. The molecule has 0 spiro atoms. The summed E-state index contributed by atoms with van der Waals surface area (Å²) in [6.45, 7) is 1.65. The quantitative estimate of drug-likeness (QED) is 0.430. The average Bonchev–Trinajstić information content (AvgIpc) is 2.96. The fourth-order valence-electron chi connectivity index (χ4n) is 2.57. The second-order valence-electron chi connectivity index (χ2n) is 5.94. The number of H-pyrrole nitrogens is 1. The third kappa shape index (κ3) is 4.41. The lowest BCUT2D eigenvalue weighted by Crippen LogP contribution is -2.20. The molecular weight excluding hydrogens is 505 g/mol. The fourth-order valence-corrected chi connectivity index (χ4v) is 4.29. The van der Waals surface area contributed by atoms with Crippen molar-refractivity contribution < 1.29 is 22.0 Å². The van der Waals surface area contributed by atoms with Gasteiger partial charge in [-0.2, -0.15) is 0 Å². The normalized spacial score (nSPS) is 11.6. The molecule has 0 aliphatic carbocycles. The van der Waals surface area contributed by atoms with Gasteiger partial charge in [0.05, 0.1) is 27.0 Å². The van der Waals surface area contributed by atoms with E-state index in [0.717, 1.165) is 15.8 Å². The molecule has 0 bridgehead atoms. The highest BCUT2D eigenvalue weighted by molar-refractivity contribution is 14.1. The Hall–Kier alpha value is -2.28. The number of halogens is 3. The van der Waals surface area contributed by atoms with Gasteiger partial charge >= 0.3 is 0 Å². The number of hydrogen-bond donors (Lipinski definition) is 3. The molecule has 1 aromatic carbocycles. The summed E-state index contributed by atoms with van der Waals surface area (Å²) in [7, 11) is -3.80. The van der Waals surface area contributed by atoms with Gasteiger partial charge in [-0.15, -0.1) is 0 Å². The number of anilines is 2. The first-order valence-corrected chi connectivity index (χ1v) is 10.9. The predicted octanol–water partition coefficient (Wildman–Crippen LogP) is 3.85. The van der Waals surface area contributed by atoms with Crippen LogP contribution in [0.3, 0.4) is 0 Å². The summed E-state index contributed by atoms with van der Waals surface area (Å²) in [5.41, 5.74) is -0.537. The Bertz CT molecular complexity index is 1160. The molecule has 3 aromatic rings. The van der Waals surface area contributed by atoms with E-state index in [2.05, 4.69) is 37.9 Å². The van der Waals surface area contributed by atoms with Crippen molar-refractivity contribution >= 4 is 60.9 Å². The number of amides is 1. The molecule has 11 heteroatoms. The molecule has 7 nitrogen and oxygen atoms in total. The van der Waals surface area contributed by atoms with Crippen LogP contribution in [0.4, 0.5) is 20.2 Å². The molecule has 0 unspecified atom stereocenters. The van der Waals surface area contributed by atoms with Crippen molar-refractivity contribution in [2.75, 3.05) is 15.8 Å². The zero-order chi connectivity index (χ0) is 20.5. The van der Waals surface area contributed by atoms with Gasteiger partial charge in [-0.05, 0) is 53.3 Å². The number of nitrogens with zero attached hydrogens (tertiary/aromatic N) is 1. The number of aromatic amines is 1. The van der Waals surface area contributed by atoms with Crippen molar-refractivity contribution in [2.45, 2.75) is 13.3 Å². The number of sulfonamides is 1. The van der Waals surface area contributed by atoms with Crippen LogP contribution in [0.5, 0.6) is 0 Å². The monoisotopic (exact) mass is 520 g/mol. The van der Waals surface area contributed by atoms with E-state index in [1.165, 1.54) is 6.20 Å². The number of carbonyl (C=O) groups is 1. The first kappa shape index (κ1) is 20.5. The van der Waals surface area contributed by atoms with Crippen LogP contribution < -0.4 is 10.0 Å². The SMILES string of the molecule is CCCS(=O)(=O)Nc1ccc(F)c(C(=O)Nc2cnc3[nH]c(I)cc3c2)c1F.